The lowest BCUT2D eigenvalue weighted by Gasteiger charge is -2.07. The molecule has 0 spiro atoms. The molecule has 96 valence electrons. The van der Waals surface area contributed by atoms with Crippen LogP contribution >= 0.6 is 11.8 Å². The summed E-state index contributed by atoms with van der Waals surface area (Å²) in [6.07, 6.45) is 0. The van der Waals surface area contributed by atoms with Crippen LogP contribution in [0.2, 0.25) is 0 Å². The van der Waals surface area contributed by atoms with E-state index in [0.717, 1.165) is 11.4 Å². The largest absolute Gasteiger partial charge is 0.326 e. The molecule has 2 N–H and O–H groups in total. The first-order chi connectivity index (χ1) is 8.60. The highest BCUT2D eigenvalue weighted by Crippen LogP contribution is 2.25. The maximum absolute atomic E-state index is 5.64. The minimum absolute atomic E-state index is 0.606. The average molecular weight is 261 g/mol. The van der Waals surface area contributed by atoms with Crippen LogP contribution in [0.4, 0.5) is 0 Å². The summed E-state index contributed by atoms with van der Waals surface area (Å²) in [5, 5.41) is 5.56. The van der Waals surface area contributed by atoms with Gasteiger partial charge in [-0.2, -0.15) is 5.10 Å². The summed E-state index contributed by atoms with van der Waals surface area (Å²) in [6, 6.07) is 8.57. The summed E-state index contributed by atoms with van der Waals surface area (Å²) in [7, 11) is 1.99. The molecule has 0 unspecified atom stereocenters. The van der Waals surface area contributed by atoms with Crippen LogP contribution in [0, 0.1) is 13.8 Å². The molecular weight excluding hydrogens is 242 g/mol. The molecule has 0 fully saturated rings. The number of benzene rings is 1. The monoisotopic (exact) mass is 261 g/mol. The second-order valence-electron chi connectivity index (χ2n) is 4.50. The number of aryl methyl sites for hydroxylation is 3. The molecule has 0 aliphatic heterocycles. The zero-order valence-corrected chi connectivity index (χ0v) is 11.9. The molecule has 0 atom stereocenters. The summed E-state index contributed by atoms with van der Waals surface area (Å²) in [5.41, 5.74) is 10.6. The molecule has 0 bridgehead atoms. The highest BCUT2D eigenvalue weighted by atomic mass is 32.2. The average Bonchev–Trinajstić information content (AvgIpc) is 2.66. The van der Waals surface area contributed by atoms with E-state index in [4.69, 9.17) is 5.73 Å². The van der Waals surface area contributed by atoms with Crippen LogP contribution in [0.3, 0.4) is 0 Å². The van der Waals surface area contributed by atoms with E-state index in [-0.39, 0.29) is 0 Å². The first-order valence-electron chi connectivity index (χ1n) is 6.02. The maximum Gasteiger partial charge on any atom is 0.0942 e. The van der Waals surface area contributed by atoms with E-state index in [1.807, 2.05) is 30.4 Å². The number of nitrogens with two attached hydrogens (primary N) is 1. The molecule has 0 aliphatic rings. The van der Waals surface area contributed by atoms with E-state index in [9.17, 15) is 0 Å². The van der Waals surface area contributed by atoms with E-state index in [1.165, 1.54) is 21.7 Å². The quantitative estimate of drug-likeness (QED) is 0.861. The van der Waals surface area contributed by atoms with Crippen molar-refractivity contribution in [3.63, 3.8) is 0 Å². The van der Waals surface area contributed by atoms with Gasteiger partial charge in [-0.25, -0.2) is 0 Å². The van der Waals surface area contributed by atoms with E-state index in [1.54, 1.807) is 0 Å². The molecule has 0 aliphatic carbocycles. The van der Waals surface area contributed by atoms with Gasteiger partial charge in [-0.05, 0) is 36.6 Å². The molecule has 1 aromatic heterocycles. The highest BCUT2D eigenvalue weighted by Gasteiger charge is 2.05. The van der Waals surface area contributed by atoms with E-state index >= 15 is 0 Å². The minimum Gasteiger partial charge on any atom is -0.326 e. The van der Waals surface area contributed by atoms with Gasteiger partial charge in [0.25, 0.3) is 0 Å². The fraction of sp³-hybridized carbons (Fsp3) is 0.357. The van der Waals surface area contributed by atoms with Crippen molar-refractivity contribution in [3.05, 3.63) is 46.6 Å². The van der Waals surface area contributed by atoms with E-state index < -0.39 is 0 Å². The first-order valence-corrected chi connectivity index (χ1v) is 7.00. The van der Waals surface area contributed by atoms with E-state index in [2.05, 4.69) is 36.3 Å². The zero-order valence-electron chi connectivity index (χ0n) is 11.1. The molecule has 2 aromatic rings. The predicted molar refractivity (Wildman–Crippen MR) is 76.6 cm³/mol. The topological polar surface area (TPSA) is 43.8 Å². The minimum atomic E-state index is 0.606. The normalized spacial score (nSPS) is 10.9. The molecule has 3 nitrogen and oxygen atoms in total. The Morgan fingerprint density at radius 3 is 2.61 bits per heavy atom. The van der Waals surface area contributed by atoms with Crippen molar-refractivity contribution in [1.29, 1.82) is 0 Å². The zero-order chi connectivity index (χ0) is 13.1. The van der Waals surface area contributed by atoms with Gasteiger partial charge in [0.15, 0.2) is 0 Å². The van der Waals surface area contributed by atoms with Crippen molar-refractivity contribution >= 4 is 11.8 Å². The van der Waals surface area contributed by atoms with Crippen molar-refractivity contribution < 1.29 is 0 Å². The molecule has 4 heteroatoms. The third-order valence-electron chi connectivity index (χ3n) is 2.98. The van der Waals surface area contributed by atoms with Gasteiger partial charge in [0, 0.05) is 19.3 Å². The molecule has 1 aromatic carbocycles. The third kappa shape index (κ3) is 2.94. The maximum atomic E-state index is 5.64. The molecule has 0 amide bonds. The van der Waals surface area contributed by atoms with Crippen LogP contribution in [0.5, 0.6) is 0 Å². The van der Waals surface area contributed by atoms with Crippen LogP contribution in [-0.4, -0.2) is 9.78 Å². The lowest BCUT2D eigenvalue weighted by atomic mass is 10.1. The fourth-order valence-corrected chi connectivity index (χ4v) is 3.03. The third-order valence-corrected chi connectivity index (χ3v) is 4.11. The Kier molecular flexibility index (Phi) is 4.09. The van der Waals surface area contributed by atoms with Gasteiger partial charge in [0.2, 0.25) is 0 Å². The molecule has 0 saturated heterocycles. The lowest BCUT2D eigenvalue weighted by Crippen LogP contribution is -1.98. The Hall–Kier alpha value is -1.26. The van der Waals surface area contributed by atoms with Crippen molar-refractivity contribution in [3.8, 4) is 0 Å². The summed E-state index contributed by atoms with van der Waals surface area (Å²) < 4.78 is 1.93. The smallest absolute Gasteiger partial charge is 0.0942 e. The van der Waals surface area contributed by atoms with Crippen molar-refractivity contribution in [1.82, 2.24) is 9.78 Å². The van der Waals surface area contributed by atoms with Gasteiger partial charge < -0.3 is 5.73 Å². The molecule has 18 heavy (non-hydrogen) atoms. The van der Waals surface area contributed by atoms with Crippen LogP contribution in [0.1, 0.15) is 22.4 Å². The number of hydrogen-bond donors (Lipinski definition) is 1. The number of aromatic nitrogens is 2. The Bertz CT molecular complexity index is 546. The van der Waals surface area contributed by atoms with Crippen molar-refractivity contribution in [2.24, 2.45) is 12.8 Å². The van der Waals surface area contributed by atoms with Crippen molar-refractivity contribution in [2.45, 2.75) is 31.2 Å². The molecule has 0 radical (unpaired) electrons. The molecule has 2 rings (SSSR count). The molecule has 1 heterocycles. The van der Waals surface area contributed by atoms with Gasteiger partial charge in [-0.15, -0.1) is 11.8 Å². The van der Waals surface area contributed by atoms with Crippen LogP contribution in [-0.2, 0) is 19.3 Å². The summed E-state index contributed by atoms with van der Waals surface area (Å²) in [4.78, 5) is 0. The molecule has 0 saturated carbocycles. The number of hydrogen-bond acceptors (Lipinski definition) is 3. The lowest BCUT2D eigenvalue weighted by molar-refractivity contribution is 0.692. The van der Waals surface area contributed by atoms with Crippen LogP contribution in [0.15, 0.2) is 29.3 Å². The Balaban J connectivity index is 2.08. The second kappa shape index (κ2) is 5.59. The van der Waals surface area contributed by atoms with Gasteiger partial charge >= 0.3 is 0 Å². The second-order valence-corrected chi connectivity index (χ2v) is 5.50. The SMILES string of the molecule is Cc1cc(SCc2ccc(CN)cc2C)n(C)n1. The molecular formula is C14H19N3S. The highest BCUT2D eigenvalue weighted by molar-refractivity contribution is 7.98. The number of nitrogens with zero attached hydrogens (tertiary/aromatic N) is 2. The van der Waals surface area contributed by atoms with Gasteiger partial charge in [0.1, 0.15) is 0 Å². The fourth-order valence-electron chi connectivity index (χ4n) is 1.92. The van der Waals surface area contributed by atoms with Gasteiger partial charge in [-0.3, -0.25) is 4.68 Å². The van der Waals surface area contributed by atoms with Gasteiger partial charge in [0.05, 0.1) is 10.7 Å². The number of thioether (sulfide) groups is 1. The van der Waals surface area contributed by atoms with E-state index in [0.29, 0.717) is 6.54 Å². The Morgan fingerprint density at radius 2 is 2.06 bits per heavy atom. The van der Waals surface area contributed by atoms with Crippen LogP contribution in [0.25, 0.3) is 0 Å². The number of rotatable bonds is 4. The van der Waals surface area contributed by atoms with Crippen LogP contribution < -0.4 is 5.73 Å². The Labute approximate surface area is 112 Å². The first kappa shape index (κ1) is 13.2. The van der Waals surface area contributed by atoms with Crippen molar-refractivity contribution in [2.75, 3.05) is 0 Å². The summed E-state index contributed by atoms with van der Waals surface area (Å²) in [5.74, 6) is 0.968. The summed E-state index contributed by atoms with van der Waals surface area (Å²) >= 11 is 1.82. The summed E-state index contributed by atoms with van der Waals surface area (Å²) in [6.45, 7) is 4.77. The van der Waals surface area contributed by atoms with Gasteiger partial charge in [-0.1, -0.05) is 18.2 Å². The predicted octanol–water partition coefficient (Wildman–Crippen LogP) is 2.79. The Morgan fingerprint density at radius 1 is 1.28 bits per heavy atom. The standard InChI is InChI=1S/C14H19N3S/c1-10-6-12(8-15)4-5-13(10)9-18-14-7-11(2)16-17(14)3/h4-7H,8-9,15H2,1-3H3.